The number of hydrogen-bond acceptors (Lipinski definition) is 1. The zero-order chi connectivity index (χ0) is 20.0. The summed E-state index contributed by atoms with van der Waals surface area (Å²) < 4.78 is 0.773. The number of likely N-dealkylation sites (tertiary alicyclic amines) is 1. The van der Waals surface area contributed by atoms with Gasteiger partial charge in [0.05, 0.1) is 13.1 Å². The molecule has 0 aliphatic carbocycles. The molecule has 1 aliphatic rings. The molecular weight excluding hydrogens is 380 g/mol. The van der Waals surface area contributed by atoms with Crippen LogP contribution in [0.25, 0.3) is 0 Å². The molecule has 154 valence electrons. The van der Waals surface area contributed by atoms with E-state index < -0.39 is 0 Å². The first kappa shape index (κ1) is 23.0. The number of benzene rings is 2. The molecule has 1 N–H and O–H groups in total. The number of carbonyl (C=O) groups is 1. The van der Waals surface area contributed by atoms with Gasteiger partial charge in [0.1, 0.15) is 6.54 Å². The summed E-state index contributed by atoms with van der Waals surface area (Å²) in [5.41, 5.74) is 5.47. The molecule has 1 aliphatic heterocycles. The van der Waals surface area contributed by atoms with Gasteiger partial charge in [-0.3, -0.25) is 4.79 Å². The molecule has 4 heteroatoms. The van der Waals surface area contributed by atoms with Crippen molar-refractivity contribution in [1.29, 1.82) is 0 Å². The van der Waals surface area contributed by atoms with Crippen molar-refractivity contribution < 1.29 is 21.7 Å². The molecule has 0 saturated carbocycles. The van der Waals surface area contributed by atoms with Crippen LogP contribution >= 0.6 is 0 Å². The number of nitrogens with one attached hydrogen (secondary N) is 1. The van der Waals surface area contributed by atoms with Crippen LogP contribution in [0.4, 0.5) is 5.69 Å². The second-order valence-electron chi connectivity index (χ2n) is 8.16. The minimum atomic E-state index is 0. The number of piperidine rings is 1. The van der Waals surface area contributed by atoms with Gasteiger partial charge in [-0.1, -0.05) is 41.8 Å². The third-order valence-corrected chi connectivity index (χ3v) is 5.61. The molecule has 1 heterocycles. The highest BCUT2D eigenvalue weighted by Gasteiger charge is 2.32. The summed E-state index contributed by atoms with van der Waals surface area (Å²) in [7, 11) is 0. The number of carbonyl (C=O) groups excluding carboxylic acids is 1. The average Bonchev–Trinajstić information content (AvgIpc) is 2.66. The van der Waals surface area contributed by atoms with Gasteiger partial charge in [0.25, 0.3) is 5.91 Å². The van der Waals surface area contributed by atoms with Crippen LogP contribution in [0.3, 0.4) is 0 Å². The molecule has 3 rings (SSSR count). The molecule has 0 radical (unpaired) electrons. The Morgan fingerprint density at radius 1 is 1.00 bits per heavy atom. The lowest BCUT2D eigenvalue weighted by Gasteiger charge is -2.39. The number of quaternary nitrogens is 1. The quantitative estimate of drug-likeness (QED) is 0.602. The maximum Gasteiger partial charge on any atom is 0.279 e. The van der Waals surface area contributed by atoms with Gasteiger partial charge < -0.3 is 22.2 Å². The van der Waals surface area contributed by atoms with Crippen LogP contribution in [0.1, 0.15) is 41.5 Å². The van der Waals surface area contributed by atoms with Gasteiger partial charge in [-0.05, 0) is 69.2 Å². The summed E-state index contributed by atoms with van der Waals surface area (Å²) in [4.78, 5) is 12.9. The monoisotopic (exact) mass is 410 g/mol. The first-order chi connectivity index (χ1) is 13.5. The van der Waals surface area contributed by atoms with E-state index in [1.54, 1.807) is 0 Å². The zero-order valence-electron chi connectivity index (χ0n) is 17.7. The highest BCUT2D eigenvalue weighted by molar-refractivity contribution is 5.93. The van der Waals surface area contributed by atoms with E-state index in [2.05, 4.69) is 50.1 Å². The van der Waals surface area contributed by atoms with E-state index in [-0.39, 0.29) is 18.3 Å². The first-order valence-electron chi connectivity index (χ1n) is 10.2. The Morgan fingerprint density at radius 2 is 1.62 bits per heavy atom. The number of halogens is 1. The molecule has 1 saturated heterocycles. The van der Waals surface area contributed by atoms with Crippen LogP contribution < -0.4 is 17.7 Å². The summed E-state index contributed by atoms with van der Waals surface area (Å²) in [6.45, 7) is 9.50. The summed E-state index contributed by atoms with van der Waals surface area (Å²) in [6.07, 6.45) is 3.59. The van der Waals surface area contributed by atoms with Gasteiger partial charge in [-0.2, -0.15) is 0 Å². The van der Waals surface area contributed by atoms with Gasteiger partial charge in [-0.25, -0.2) is 0 Å². The van der Waals surface area contributed by atoms with Gasteiger partial charge >= 0.3 is 0 Å². The largest absolute Gasteiger partial charge is 1.00 e. The van der Waals surface area contributed by atoms with Gasteiger partial charge in [-0.15, -0.1) is 0 Å². The molecule has 29 heavy (non-hydrogen) atoms. The maximum absolute atomic E-state index is 12.9. The van der Waals surface area contributed by atoms with Crippen LogP contribution in [-0.4, -0.2) is 36.6 Å². The van der Waals surface area contributed by atoms with Crippen molar-refractivity contribution in [3.05, 3.63) is 64.7 Å². The van der Waals surface area contributed by atoms with E-state index in [4.69, 9.17) is 0 Å². The number of anilines is 1. The van der Waals surface area contributed by atoms with Crippen LogP contribution in [0.15, 0.2) is 42.5 Å². The van der Waals surface area contributed by atoms with Crippen molar-refractivity contribution in [2.24, 2.45) is 0 Å². The Hall–Kier alpha value is -2.28. The molecule has 0 bridgehead atoms. The van der Waals surface area contributed by atoms with Crippen molar-refractivity contribution in [3.63, 3.8) is 0 Å². The third kappa shape index (κ3) is 6.35. The van der Waals surface area contributed by atoms with Crippen LogP contribution in [-0.2, 0) is 4.79 Å². The van der Waals surface area contributed by atoms with E-state index in [1.807, 2.05) is 30.3 Å². The smallest absolute Gasteiger partial charge is 0.279 e. The van der Waals surface area contributed by atoms with Crippen molar-refractivity contribution in [1.82, 2.24) is 0 Å². The molecular formula is C25H31ClN2O. The van der Waals surface area contributed by atoms with Crippen molar-refractivity contribution in [2.75, 3.05) is 31.5 Å². The fourth-order valence-electron chi connectivity index (χ4n) is 4.25. The number of amides is 1. The molecule has 0 atom stereocenters. The normalized spacial score (nSPS) is 14.9. The zero-order valence-corrected chi connectivity index (χ0v) is 18.5. The number of aryl methyl sites for hydroxylation is 3. The predicted molar refractivity (Wildman–Crippen MR) is 116 cm³/mol. The standard InChI is InChI=1S/C25H30N2O.ClH/c1-20-17-21(2)25(22(3)18-20)26-24(28)19-27(14-8-5-9-15-27)16-10-13-23-11-6-4-7-12-23;/h4,6-7,11-12,17-18H,5,8-9,14-16,19H2,1-3H3;1H. The Kier molecular flexibility index (Phi) is 8.32. The lowest BCUT2D eigenvalue weighted by Crippen LogP contribution is -3.00. The molecule has 1 fully saturated rings. The second-order valence-corrected chi connectivity index (χ2v) is 8.16. The van der Waals surface area contributed by atoms with Gasteiger partial charge in [0, 0.05) is 11.3 Å². The molecule has 0 aromatic heterocycles. The van der Waals surface area contributed by atoms with E-state index in [0.29, 0.717) is 6.54 Å². The van der Waals surface area contributed by atoms with Crippen LogP contribution in [0.5, 0.6) is 0 Å². The highest BCUT2D eigenvalue weighted by atomic mass is 35.5. The molecule has 0 unspecified atom stereocenters. The molecule has 2 aromatic carbocycles. The average molecular weight is 411 g/mol. The Labute approximate surface area is 181 Å². The molecule has 1 amide bonds. The Morgan fingerprint density at radius 3 is 2.24 bits per heavy atom. The lowest BCUT2D eigenvalue weighted by molar-refractivity contribution is -0.918. The van der Waals surface area contributed by atoms with Crippen molar-refractivity contribution in [3.8, 4) is 11.8 Å². The number of nitrogens with zero attached hydrogens (tertiary/aromatic N) is 1. The van der Waals surface area contributed by atoms with Gasteiger partial charge in [0.15, 0.2) is 6.54 Å². The summed E-state index contributed by atoms with van der Waals surface area (Å²) in [5.74, 6) is 6.72. The van der Waals surface area contributed by atoms with E-state index >= 15 is 0 Å². The van der Waals surface area contributed by atoms with E-state index in [1.165, 1.54) is 24.8 Å². The topological polar surface area (TPSA) is 29.1 Å². The lowest BCUT2D eigenvalue weighted by atomic mass is 10.0. The molecule has 0 spiro atoms. The third-order valence-electron chi connectivity index (χ3n) is 5.61. The van der Waals surface area contributed by atoms with E-state index in [9.17, 15) is 4.79 Å². The number of hydrogen-bond donors (Lipinski definition) is 1. The minimum absolute atomic E-state index is 0. The SMILES string of the molecule is Cc1cc(C)c(NC(=O)C[N+]2(CC#Cc3ccccc3)CCCCC2)c(C)c1.[Cl-]. The number of rotatable bonds is 4. The summed E-state index contributed by atoms with van der Waals surface area (Å²) >= 11 is 0. The minimum Gasteiger partial charge on any atom is -1.00 e. The van der Waals surface area contributed by atoms with Crippen LogP contribution in [0, 0.1) is 32.6 Å². The predicted octanol–water partition coefficient (Wildman–Crippen LogP) is 1.61. The van der Waals surface area contributed by atoms with Gasteiger partial charge in [0.2, 0.25) is 0 Å². The Balaban J connectivity index is 0.00000300. The molecule has 2 aromatic rings. The highest BCUT2D eigenvalue weighted by Crippen LogP contribution is 2.23. The first-order valence-corrected chi connectivity index (χ1v) is 10.2. The maximum atomic E-state index is 12.9. The summed E-state index contributed by atoms with van der Waals surface area (Å²) in [6, 6.07) is 14.3. The summed E-state index contributed by atoms with van der Waals surface area (Å²) in [5, 5.41) is 3.18. The van der Waals surface area contributed by atoms with Crippen molar-refractivity contribution >= 4 is 11.6 Å². The van der Waals surface area contributed by atoms with Crippen molar-refractivity contribution in [2.45, 2.75) is 40.0 Å². The Bertz CT molecular complexity index is 867. The van der Waals surface area contributed by atoms with E-state index in [0.717, 1.165) is 46.5 Å². The molecule has 3 nitrogen and oxygen atoms in total. The fourth-order valence-corrected chi connectivity index (χ4v) is 4.25. The fraction of sp³-hybridized carbons (Fsp3) is 0.400. The van der Waals surface area contributed by atoms with Crippen LogP contribution in [0.2, 0.25) is 0 Å². The second kappa shape index (κ2) is 10.5.